The molecule has 1 aromatic carbocycles. The molecule has 1 aromatic rings. The smallest absolute Gasteiger partial charge is 0.222 e. The quantitative estimate of drug-likeness (QED) is 0.867. The highest BCUT2D eigenvalue weighted by Crippen LogP contribution is 2.16. The van der Waals surface area contributed by atoms with Crippen molar-refractivity contribution >= 4 is 11.6 Å². The Morgan fingerprint density at radius 1 is 1.19 bits per heavy atom. The number of anilines is 1. The molecule has 1 saturated heterocycles. The molecule has 4 nitrogen and oxygen atoms in total. The maximum absolute atomic E-state index is 12.3. The summed E-state index contributed by atoms with van der Waals surface area (Å²) in [6.45, 7) is 10.3. The van der Waals surface area contributed by atoms with Gasteiger partial charge in [-0.1, -0.05) is 12.1 Å². The molecule has 1 fully saturated rings. The highest BCUT2D eigenvalue weighted by atomic mass is 16.2. The van der Waals surface area contributed by atoms with Gasteiger partial charge in [-0.05, 0) is 44.9 Å². The number of piperazine rings is 1. The van der Waals surface area contributed by atoms with E-state index in [4.69, 9.17) is 5.73 Å². The van der Waals surface area contributed by atoms with E-state index in [0.29, 0.717) is 6.42 Å². The number of nitrogens with zero attached hydrogens (tertiary/aromatic N) is 2. The fourth-order valence-electron chi connectivity index (χ4n) is 2.78. The van der Waals surface area contributed by atoms with Gasteiger partial charge in [-0.15, -0.1) is 0 Å². The summed E-state index contributed by atoms with van der Waals surface area (Å²) in [5, 5.41) is 0. The first-order chi connectivity index (χ1) is 9.86. The third-order valence-corrected chi connectivity index (χ3v) is 4.16. The van der Waals surface area contributed by atoms with Crippen molar-refractivity contribution in [3.05, 3.63) is 29.8 Å². The van der Waals surface area contributed by atoms with Crippen molar-refractivity contribution in [3.63, 3.8) is 0 Å². The van der Waals surface area contributed by atoms with E-state index in [0.717, 1.165) is 43.9 Å². The molecule has 0 unspecified atom stereocenters. The number of hydrogen-bond donors (Lipinski definition) is 1. The van der Waals surface area contributed by atoms with E-state index in [1.165, 1.54) is 0 Å². The third-order valence-electron chi connectivity index (χ3n) is 4.16. The maximum atomic E-state index is 12.3. The molecule has 0 saturated carbocycles. The standard InChI is InChI=1S/C17H27N3O/c1-17(2,3)20-11-9-19(10-12-20)16(21)8-7-14-5-4-6-15(18)13-14/h4-6,13H,7-12,18H2,1-3H3. The number of carbonyl (C=O) groups excluding carboxylic acids is 1. The van der Waals surface area contributed by atoms with Crippen molar-refractivity contribution in [2.45, 2.75) is 39.2 Å². The van der Waals surface area contributed by atoms with Crippen LogP contribution in [-0.4, -0.2) is 47.4 Å². The summed E-state index contributed by atoms with van der Waals surface area (Å²) in [5.74, 6) is 0.256. The molecule has 116 valence electrons. The fourth-order valence-corrected chi connectivity index (χ4v) is 2.78. The highest BCUT2D eigenvalue weighted by Gasteiger charge is 2.27. The molecule has 1 aliphatic heterocycles. The molecule has 2 N–H and O–H groups in total. The number of amides is 1. The average Bonchev–Trinajstić information content (AvgIpc) is 2.44. The van der Waals surface area contributed by atoms with Gasteiger partial charge in [0.15, 0.2) is 0 Å². The van der Waals surface area contributed by atoms with E-state index in [-0.39, 0.29) is 11.4 Å². The van der Waals surface area contributed by atoms with Crippen LogP contribution in [0, 0.1) is 0 Å². The largest absolute Gasteiger partial charge is 0.399 e. The Hall–Kier alpha value is -1.55. The van der Waals surface area contributed by atoms with E-state index in [2.05, 4.69) is 25.7 Å². The third kappa shape index (κ3) is 4.46. The summed E-state index contributed by atoms with van der Waals surface area (Å²) in [6, 6.07) is 7.79. The van der Waals surface area contributed by atoms with Crippen molar-refractivity contribution in [1.82, 2.24) is 9.80 Å². The summed E-state index contributed by atoms with van der Waals surface area (Å²) in [6.07, 6.45) is 1.34. The van der Waals surface area contributed by atoms with Gasteiger partial charge in [0.25, 0.3) is 0 Å². The van der Waals surface area contributed by atoms with Crippen LogP contribution in [0.5, 0.6) is 0 Å². The number of nitrogen functional groups attached to an aromatic ring is 1. The van der Waals surface area contributed by atoms with Crippen LogP contribution in [-0.2, 0) is 11.2 Å². The molecule has 1 heterocycles. The highest BCUT2D eigenvalue weighted by molar-refractivity contribution is 5.76. The maximum Gasteiger partial charge on any atom is 0.222 e. The second-order valence-corrected chi connectivity index (χ2v) is 6.78. The molecule has 1 amide bonds. The zero-order chi connectivity index (χ0) is 15.5. The SMILES string of the molecule is CC(C)(C)N1CCN(C(=O)CCc2cccc(N)c2)CC1. The van der Waals surface area contributed by atoms with Gasteiger partial charge in [0, 0.05) is 43.8 Å². The van der Waals surface area contributed by atoms with Crippen LogP contribution >= 0.6 is 0 Å². The zero-order valence-electron chi connectivity index (χ0n) is 13.4. The lowest BCUT2D eigenvalue weighted by Crippen LogP contribution is -2.54. The Morgan fingerprint density at radius 2 is 1.86 bits per heavy atom. The Balaban J connectivity index is 1.80. The van der Waals surface area contributed by atoms with Crippen LogP contribution in [0.2, 0.25) is 0 Å². The number of rotatable bonds is 3. The van der Waals surface area contributed by atoms with E-state index < -0.39 is 0 Å². The van der Waals surface area contributed by atoms with Crippen molar-refractivity contribution in [2.75, 3.05) is 31.9 Å². The molecule has 4 heteroatoms. The number of nitrogens with two attached hydrogens (primary N) is 1. The summed E-state index contributed by atoms with van der Waals surface area (Å²) in [4.78, 5) is 16.7. The minimum atomic E-state index is 0.191. The minimum Gasteiger partial charge on any atom is -0.399 e. The van der Waals surface area contributed by atoms with Gasteiger partial charge in [0.05, 0.1) is 0 Å². The van der Waals surface area contributed by atoms with Gasteiger partial charge < -0.3 is 10.6 Å². The van der Waals surface area contributed by atoms with Crippen molar-refractivity contribution < 1.29 is 4.79 Å². The molecule has 0 bridgehead atoms. The van der Waals surface area contributed by atoms with Crippen LogP contribution in [0.4, 0.5) is 5.69 Å². The zero-order valence-corrected chi connectivity index (χ0v) is 13.4. The summed E-state index contributed by atoms with van der Waals surface area (Å²) in [5.41, 5.74) is 7.85. The first-order valence-corrected chi connectivity index (χ1v) is 7.73. The Morgan fingerprint density at radius 3 is 2.43 bits per heavy atom. The number of hydrogen-bond acceptors (Lipinski definition) is 3. The van der Waals surface area contributed by atoms with Crippen LogP contribution < -0.4 is 5.73 Å². The van der Waals surface area contributed by atoms with Gasteiger partial charge in [0.2, 0.25) is 5.91 Å². The van der Waals surface area contributed by atoms with Gasteiger partial charge in [0.1, 0.15) is 0 Å². The van der Waals surface area contributed by atoms with Gasteiger partial charge in [-0.25, -0.2) is 0 Å². The topological polar surface area (TPSA) is 49.6 Å². The predicted molar refractivity (Wildman–Crippen MR) is 87.1 cm³/mol. The van der Waals surface area contributed by atoms with E-state index in [1.54, 1.807) is 0 Å². The van der Waals surface area contributed by atoms with Crippen molar-refractivity contribution in [3.8, 4) is 0 Å². The second kappa shape index (κ2) is 6.48. The molecule has 0 spiro atoms. The number of benzene rings is 1. The second-order valence-electron chi connectivity index (χ2n) is 6.78. The fraction of sp³-hybridized carbons (Fsp3) is 0.588. The first-order valence-electron chi connectivity index (χ1n) is 7.73. The van der Waals surface area contributed by atoms with Gasteiger partial charge in [-0.2, -0.15) is 0 Å². The van der Waals surface area contributed by atoms with Crippen molar-refractivity contribution in [2.24, 2.45) is 0 Å². The molecule has 1 aliphatic rings. The average molecular weight is 289 g/mol. The normalized spacial score (nSPS) is 17.0. The molecule has 0 atom stereocenters. The van der Waals surface area contributed by atoms with Crippen LogP contribution in [0.1, 0.15) is 32.8 Å². The number of aryl methyl sites for hydroxylation is 1. The Bertz CT molecular complexity index is 485. The predicted octanol–water partition coefficient (Wildman–Crippen LogP) is 2.14. The summed E-state index contributed by atoms with van der Waals surface area (Å²) in [7, 11) is 0. The lowest BCUT2D eigenvalue weighted by Gasteiger charge is -2.42. The molecule has 0 radical (unpaired) electrons. The van der Waals surface area contributed by atoms with E-state index in [1.807, 2.05) is 29.2 Å². The monoisotopic (exact) mass is 289 g/mol. The van der Waals surface area contributed by atoms with E-state index in [9.17, 15) is 4.79 Å². The first kappa shape index (κ1) is 15.8. The van der Waals surface area contributed by atoms with Gasteiger partial charge in [-0.3, -0.25) is 9.69 Å². The molecule has 2 rings (SSSR count). The van der Waals surface area contributed by atoms with Crippen molar-refractivity contribution in [1.29, 1.82) is 0 Å². The summed E-state index contributed by atoms with van der Waals surface area (Å²) < 4.78 is 0. The van der Waals surface area contributed by atoms with Crippen LogP contribution in [0.15, 0.2) is 24.3 Å². The Labute approximate surface area is 127 Å². The van der Waals surface area contributed by atoms with Crippen LogP contribution in [0.3, 0.4) is 0 Å². The lowest BCUT2D eigenvalue weighted by molar-refractivity contribution is -0.133. The minimum absolute atomic E-state index is 0.191. The Kier molecular flexibility index (Phi) is 4.88. The number of carbonyl (C=O) groups is 1. The van der Waals surface area contributed by atoms with E-state index >= 15 is 0 Å². The summed E-state index contributed by atoms with van der Waals surface area (Å²) >= 11 is 0. The molecule has 0 aromatic heterocycles. The molecular weight excluding hydrogens is 262 g/mol. The van der Waals surface area contributed by atoms with Crippen LogP contribution in [0.25, 0.3) is 0 Å². The molecule has 21 heavy (non-hydrogen) atoms. The van der Waals surface area contributed by atoms with Gasteiger partial charge >= 0.3 is 0 Å². The molecule has 0 aliphatic carbocycles. The molecular formula is C17H27N3O. The lowest BCUT2D eigenvalue weighted by atomic mass is 10.0.